The quantitative estimate of drug-likeness (QED) is 0.523. The largest absolute Gasteiger partial charge is 0.408 e. The first kappa shape index (κ1) is 14.3. The predicted molar refractivity (Wildman–Crippen MR) is 70.7 cm³/mol. The van der Waals surface area contributed by atoms with Gasteiger partial charge in [0.2, 0.25) is 0 Å². The van der Waals surface area contributed by atoms with Crippen LogP contribution < -0.4 is 0 Å². The lowest BCUT2D eigenvalue weighted by Gasteiger charge is -2.28. The van der Waals surface area contributed by atoms with Crippen molar-refractivity contribution in [3.63, 3.8) is 0 Å². The van der Waals surface area contributed by atoms with Crippen LogP contribution in [0.5, 0.6) is 0 Å². The van der Waals surface area contributed by atoms with Gasteiger partial charge in [0.25, 0.3) is 0 Å². The molecule has 5 nitrogen and oxygen atoms in total. The SMILES string of the molecule is CC(C)(C)C(CS)Cn1cc(Cl)c([N+](=O)[O-])n1. The minimum absolute atomic E-state index is 0.0644. The van der Waals surface area contributed by atoms with Crippen LogP contribution in [0.15, 0.2) is 6.20 Å². The van der Waals surface area contributed by atoms with Gasteiger partial charge in [0, 0.05) is 0 Å². The zero-order valence-corrected chi connectivity index (χ0v) is 11.7. The van der Waals surface area contributed by atoms with E-state index in [-0.39, 0.29) is 22.2 Å². The summed E-state index contributed by atoms with van der Waals surface area (Å²) in [4.78, 5) is 10.0. The van der Waals surface area contributed by atoms with Crippen molar-refractivity contribution in [2.24, 2.45) is 11.3 Å². The summed E-state index contributed by atoms with van der Waals surface area (Å²) in [5.74, 6) is 0.661. The van der Waals surface area contributed by atoms with Gasteiger partial charge in [-0.2, -0.15) is 17.3 Å². The van der Waals surface area contributed by atoms with Gasteiger partial charge in [-0.25, -0.2) is 0 Å². The molecule has 1 atom stereocenters. The molecule has 0 aliphatic rings. The Morgan fingerprint density at radius 2 is 2.24 bits per heavy atom. The van der Waals surface area contributed by atoms with E-state index < -0.39 is 4.92 Å². The van der Waals surface area contributed by atoms with Crippen molar-refractivity contribution in [1.82, 2.24) is 9.78 Å². The van der Waals surface area contributed by atoms with E-state index in [1.807, 2.05) is 0 Å². The summed E-state index contributed by atoms with van der Waals surface area (Å²) in [6.07, 6.45) is 1.49. The van der Waals surface area contributed by atoms with Gasteiger partial charge < -0.3 is 10.1 Å². The highest BCUT2D eigenvalue weighted by molar-refractivity contribution is 7.80. The lowest BCUT2D eigenvalue weighted by atomic mass is 9.82. The van der Waals surface area contributed by atoms with E-state index in [4.69, 9.17) is 11.6 Å². The molecule has 0 amide bonds. The monoisotopic (exact) mass is 277 g/mol. The average Bonchev–Trinajstić information content (AvgIpc) is 2.54. The molecule has 0 aromatic carbocycles. The third kappa shape index (κ3) is 3.61. The van der Waals surface area contributed by atoms with Crippen LogP contribution in [0.1, 0.15) is 20.8 Å². The molecule has 0 aliphatic heterocycles. The molecule has 1 aromatic rings. The van der Waals surface area contributed by atoms with E-state index in [0.717, 1.165) is 0 Å². The Bertz CT molecular complexity index is 414. The summed E-state index contributed by atoms with van der Waals surface area (Å²) in [6.45, 7) is 6.88. The highest BCUT2D eigenvalue weighted by Crippen LogP contribution is 2.29. The fourth-order valence-electron chi connectivity index (χ4n) is 1.44. The van der Waals surface area contributed by atoms with Crippen LogP contribution in [0.2, 0.25) is 5.02 Å². The van der Waals surface area contributed by atoms with Gasteiger partial charge in [-0.05, 0) is 22.0 Å². The fourth-order valence-corrected chi connectivity index (χ4v) is 2.32. The Balaban J connectivity index is 2.88. The van der Waals surface area contributed by atoms with Crippen molar-refractivity contribution in [1.29, 1.82) is 0 Å². The van der Waals surface area contributed by atoms with E-state index >= 15 is 0 Å². The normalized spacial score (nSPS) is 13.7. The zero-order chi connectivity index (χ0) is 13.2. The van der Waals surface area contributed by atoms with E-state index in [1.54, 1.807) is 0 Å². The first-order valence-electron chi connectivity index (χ1n) is 5.24. The van der Waals surface area contributed by atoms with E-state index in [0.29, 0.717) is 12.3 Å². The van der Waals surface area contributed by atoms with Gasteiger partial charge >= 0.3 is 5.82 Å². The molecule has 0 saturated carbocycles. The topological polar surface area (TPSA) is 61.0 Å². The number of aromatic nitrogens is 2. The average molecular weight is 278 g/mol. The molecule has 1 heterocycles. The lowest BCUT2D eigenvalue weighted by molar-refractivity contribution is -0.389. The molecule has 17 heavy (non-hydrogen) atoms. The first-order valence-corrected chi connectivity index (χ1v) is 6.25. The Hall–Kier alpha value is -0.750. The van der Waals surface area contributed by atoms with Crippen molar-refractivity contribution in [3.8, 4) is 0 Å². The van der Waals surface area contributed by atoms with E-state index in [1.165, 1.54) is 10.9 Å². The van der Waals surface area contributed by atoms with Crippen LogP contribution >= 0.6 is 24.2 Å². The Morgan fingerprint density at radius 1 is 1.65 bits per heavy atom. The maximum absolute atomic E-state index is 10.6. The van der Waals surface area contributed by atoms with Crippen LogP contribution in [0.3, 0.4) is 0 Å². The number of thiol groups is 1. The summed E-state index contributed by atoms with van der Waals surface area (Å²) < 4.78 is 1.52. The molecule has 96 valence electrons. The molecule has 0 spiro atoms. The second-order valence-electron chi connectivity index (χ2n) is 5.03. The smallest absolute Gasteiger partial charge is 0.358 e. The predicted octanol–water partition coefficient (Wildman–Crippen LogP) is 3.04. The highest BCUT2D eigenvalue weighted by Gasteiger charge is 2.27. The maximum atomic E-state index is 10.6. The second-order valence-corrected chi connectivity index (χ2v) is 5.80. The van der Waals surface area contributed by atoms with E-state index in [2.05, 4.69) is 38.5 Å². The number of hydrogen-bond acceptors (Lipinski definition) is 4. The number of nitro groups is 1. The number of rotatable bonds is 4. The molecular formula is C10H16ClN3O2S. The van der Waals surface area contributed by atoms with Crippen molar-refractivity contribution < 1.29 is 4.92 Å². The van der Waals surface area contributed by atoms with Crippen LogP contribution in [0.4, 0.5) is 5.82 Å². The summed E-state index contributed by atoms with van der Waals surface area (Å²) >= 11 is 10.0. The van der Waals surface area contributed by atoms with Crippen molar-refractivity contribution in [2.45, 2.75) is 27.3 Å². The fraction of sp³-hybridized carbons (Fsp3) is 0.700. The van der Waals surface area contributed by atoms with E-state index in [9.17, 15) is 10.1 Å². The number of halogens is 1. The number of hydrogen-bond donors (Lipinski definition) is 1. The van der Waals surface area contributed by atoms with Crippen LogP contribution in [-0.2, 0) is 6.54 Å². The van der Waals surface area contributed by atoms with Gasteiger partial charge in [-0.1, -0.05) is 32.4 Å². The molecule has 1 aromatic heterocycles. The van der Waals surface area contributed by atoms with Crippen molar-refractivity contribution in [3.05, 3.63) is 21.3 Å². The minimum atomic E-state index is -0.578. The van der Waals surface area contributed by atoms with Crippen LogP contribution in [0, 0.1) is 21.4 Å². The molecule has 0 aliphatic carbocycles. The standard InChI is InChI=1S/C10H16ClN3O2S/c1-10(2,3)7(6-17)4-13-5-8(11)9(12-13)14(15)16/h5,7,17H,4,6H2,1-3H3. The summed E-state index contributed by atoms with van der Waals surface area (Å²) in [5, 5.41) is 14.6. The Kier molecular flexibility index (Phi) is 4.43. The summed E-state index contributed by atoms with van der Waals surface area (Å²) in [5.41, 5.74) is 0.0644. The van der Waals surface area contributed by atoms with Crippen molar-refractivity contribution >= 4 is 30.0 Å². The summed E-state index contributed by atoms with van der Waals surface area (Å²) in [7, 11) is 0. The van der Waals surface area contributed by atoms with Gasteiger partial charge in [-0.15, -0.1) is 0 Å². The molecule has 0 bridgehead atoms. The molecule has 1 rings (SSSR count). The third-order valence-electron chi connectivity index (χ3n) is 2.72. The third-order valence-corrected chi connectivity index (χ3v) is 3.43. The second kappa shape index (κ2) is 5.27. The molecule has 7 heteroatoms. The maximum Gasteiger partial charge on any atom is 0.408 e. The van der Waals surface area contributed by atoms with Gasteiger partial charge in [0.15, 0.2) is 5.02 Å². The summed E-state index contributed by atoms with van der Waals surface area (Å²) in [6, 6.07) is 0. The van der Waals surface area contributed by atoms with Crippen molar-refractivity contribution in [2.75, 3.05) is 5.75 Å². The molecule has 0 fully saturated rings. The highest BCUT2D eigenvalue weighted by atomic mass is 35.5. The van der Waals surface area contributed by atoms with Crippen LogP contribution in [0.25, 0.3) is 0 Å². The first-order chi connectivity index (χ1) is 7.75. The van der Waals surface area contributed by atoms with Gasteiger partial charge in [-0.3, -0.25) is 0 Å². The Morgan fingerprint density at radius 3 is 2.59 bits per heavy atom. The Labute approximate surface area is 111 Å². The van der Waals surface area contributed by atoms with Gasteiger partial charge in [0.1, 0.15) is 0 Å². The molecule has 0 N–H and O–H groups in total. The zero-order valence-electron chi connectivity index (χ0n) is 10.1. The number of nitrogens with zero attached hydrogens (tertiary/aromatic N) is 3. The molecule has 0 saturated heterocycles. The lowest BCUT2D eigenvalue weighted by Crippen LogP contribution is -2.27. The molecule has 1 unspecified atom stereocenters. The van der Waals surface area contributed by atoms with Crippen LogP contribution in [-0.4, -0.2) is 20.5 Å². The van der Waals surface area contributed by atoms with Gasteiger partial charge in [0.05, 0.1) is 17.8 Å². The molecular weight excluding hydrogens is 262 g/mol. The molecule has 0 radical (unpaired) electrons. The minimum Gasteiger partial charge on any atom is -0.358 e.